The van der Waals surface area contributed by atoms with Gasteiger partial charge in [-0.1, -0.05) is 23.5 Å². The Labute approximate surface area is 152 Å². The number of nitrogens with zero attached hydrogens (tertiary/aromatic N) is 3. The van der Waals surface area contributed by atoms with Crippen molar-refractivity contribution in [3.8, 4) is 5.75 Å². The maximum absolute atomic E-state index is 5.35. The molecule has 1 aliphatic heterocycles. The molecule has 0 saturated carbocycles. The Morgan fingerprint density at radius 2 is 1.76 bits per heavy atom. The number of thiazole rings is 1. The van der Waals surface area contributed by atoms with Crippen LogP contribution in [-0.2, 0) is 0 Å². The van der Waals surface area contributed by atoms with Gasteiger partial charge in [0.2, 0.25) is 0 Å². The predicted molar refractivity (Wildman–Crippen MR) is 107 cm³/mol. The number of benzene rings is 2. The number of anilines is 2. The van der Waals surface area contributed by atoms with E-state index in [9.17, 15) is 0 Å². The number of fused-ring (bicyclic) bond motifs is 1. The zero-order valence-electron chi connectivity index (χ0n) is 15.0. The zero-order valence-corrected chi connectivity index (χ0v) is 15.8. The minimum absolute atomic E-state index is 0.914. The molecule has 1 aliphatic rings. The molecule has 3 aromatic rings. The van der Waals surface area contributed by atoms with Gasteiger partial charge >= 0.3 is 0 Å². The van der Waals surface area contributed by atoms with Crippen molar-refractivity contribution < 1.29 is 4.74 Å². The number of methoxy groups -OCH3 is 1. The number of hydrogen-bond donors (Lipinski definition) is 0. The molecule has 0 radical (unpaired) electrons. The molecule has 1 saturated heterocycles. The largest absolute Gasteiger partial charge is 0.497 e. The highest BCUT2D eigenvalue weighted by atomic mass is 32.1. The van der Waals surface area contributed by atoms with Gasteiger partial charge in [0.15, 0.2) is 5.13 Å². The van der Waals surface area contributed by atoms with Gasteiger partial charge in [-0.25, -0.2) is 4.98 Å². The van der Waals surface area contributed by atoms with Gasteiger partial charge < -0.3 is 14.5 Å². The molecular weight excluding hydrogens is 330 g/mol. The number of hydrogen-bond acceptors (Lipinski definition) is 5. The molecule has 4 rings (SSSR count). The van der Waals surface area contributed by atoms with E-state index in [2.05, 4.69) is 54.0 Å². The SMILES string of the molecule is COc1cccc(N2CCN(c3nc4c(C)c(C)ccc4s3)CC2)c1. The molecule has 2 heterocycles. The molecule has 25 heavy (non-hydrogen) atoms. The third-order valence-corrected chi connectivity index (χ3v) is 6.12. The van der Waals surface area contributed by atoms with Crippen LogP contribution < -0.4 is 14.5 Å². The van der Waals surface area contributed by atoms with Crippen LogP contribution in [0.2, 0.25) is 0 Å². The van der Waals surface area contributed by atoms with Gasteiger partial charge in [0.25, 0.3) is 0 Å². The minimum Gasteiger partial charge on any atom is -0.497 e. The summed E-state index contributed by atoms with van der Waals surface area (Å²) in [7, 11) is 1.72. The number of aryl methyl sites for hydroxylation is 2. The van der Waals surface area contributed by atoms with Gasteiger partial charge in [-0.2, -0.15) is 0 Å². The summed E-state index contributed by atoms with van der Waals surface area (Å²) in [6.45, 7) is 8.31. The molecule has 130 valence electrons. The average molecular weight is 353 g/mol. The maximum atomic E-state index is 5.35. The molecule has 0 spiro atoms. The first kappa shape index (κ1) is 16.2. The average Bonchev–Trinajstić information content (AvgIpc) is 3.10. The Morgan fingerprint density at radius 1 is 1.00 bits per heavy atom. The number of aromatic nitrogens is 1. The van der Waals surface area contributed by atoms with Gasteiger partial charge in [0.1, 0.15) is 5.75 Å². The molecule has 2 aromatic carbocycles. The van der Waals surface area contributed by atoms with Gasteiger partial charge in [0.05, 0.1) is 17.3 Å². The Kier molecular flexibility index (Phi) is 4.25. The van der Waals surface area contributed by atoms with Crippen LogP contribution in [0, 0.1) is 13.8 Å². The normalized spacial score (nSPS) is 15.0. The molecular formula is C20H23N3OS. The monoisotopic (exact) mass is 353 g/mol. The van der Waals surface area contributed by atoms with E-state index in [1.807, 2.05) is 6.07 Å². The lowest BCUT2D eigenvalue weighted by atomic mass is 10.1. The Hall–Kier alpha value is -2.27. The first-order valence-electron chi connectivity index (χ1n) is 8.66. The van der Waals surface area contributed by atoms with Crippen molar-refractivity contribution in [2.75, 3.05) is 43.1 Å². The van der Waals surface area contributed by atoms with E-state index in [1.165, 1.54) is 21.5 Å². The molecule has 1 aromatic heterocycles. The van der Waals surface area contributed by atoms with E-state index in [0.717, 1.165) is 42.6 Å². The van der Waals surface area contributed by atoms with Crippen LogP contribution in [0.25, 0.3) is 10.2 Å². The maximum Gasteiger partial charge on any atom is 0.186 e. The highest BCUT2D eigenvalue weighted by Gasteiger charge is 2.21. The molecule has 0 N–H and O–H groups in total. The molecule has 1 fully saturated rings. The number of rotatable bonds is 3. The molecule has 0 atom stereocenters. The number of piperazine rings is 1. The fraction of sp³-hybridized carbons (Fsp3) is 0.350. The van der Waals surface area contributed by atoms with Crippen molar-refractivity contribution in [2.24, 2.45) is 0 Å². The van der Waals surface area contributed by atoms with Gasteiger partial charge in [-0.3, -0.25) is 0 Å². The van der Waals surface area contributed by atoms with Crippen LogP contribution in [0.3, 0.4) is 0 Å². The third-order valence-electron chi connectivity index (χ3n) is 5.04. The summed E-state index contributed by atoms with van der Waals surface area (Å²) in [5.41, 5.74) is 5.01. The van der Waals surface area contributed by atoms with E-state index < -0.39 is 0 Å². The molecule has 0 aliphatic carbocycles. The quantitative estimate of drug-likeness (QED) is 0.704. The van der Waals surface area contributed by atoms with E-state index in [4.69, 9.17) is 9.72 Å². The van der Waals surface area contributed by atoms with Gasteiger partial charge in [-0.05, 0) is 43.2 Å². The summed E-state index contributed by atoms with van der Waals surface area (Å²) in [6, 6.07) is 12.7. The number of ether oxygens (including phenoxy) is 1. The molecule has 0 unspecified atom stereocenters. The second-order valence-corrected chi connectivity index (χ2v) is 7.54. The van der Waals surface area contributed by atoms with Crippen LogP contribution in [0.4, 0.5) is 10.8 Å². The highest BCUT2D eigenvalue weighted by Crippen LogP contribution is 2.32. The lowest BCUT2D eigenvalue weighted by Gasteiger charge is -2.36. The lowest BCUT2D eigenvalue weighted by Crippen LogP contribution is -2.46. The molecule has 5 heteroatoms. The van der Waals surface area contributed by atoms with Crippen molar-refractivity contribution in [3.05, 3.63) is 47.5 Å². The van der Waals surface area contributed by atoms with E-state index in [1.54, 1.807) is 18.4 Å². The summed E-state index contributed by atoms with van der Waals surface area (Å²) < 4.78 is 6.63. The standard InChI is InChI=1S/C20H23N3OS/c1-14-7-8-18-19(15(14)2)21-20(25-18)23-11-9-22(10-12-23)16-5-4-6-17(13-16)24-3/h4-8,13H,9-12H2,1-3H3. The summed E-state index contributed by atoms with van der Waals surface area (Å²) in [5, 5.41) is 1.15. The van der Waals surface area contributed by atoms with Crippen molar-refractivity contribution in [1.29, 1.82) is 0 Å². The fourth-order valence-corrected chi connectivity index (χ4v) is 4.39. The first-order valence-corrected chi connectivity index (χ1v) is 9.48. The Balaban J connectivity index is 1.51. The highest BCUT2D eigenvalue weighted by molar-refractivity contribution is 7.22. The fourth-order valence-electron chi connectivity index (χ4n) is 3.31. The van der Waals surface area contributed by atoms with Crippen molar-refractivity contribution in [3.63, 3.8) is 0 Å². The van der Waals surface area contributed by atoms with E-state index in [0.29, 0.717) is 0 Å². The first-order chi connectivity index (χ1) is 12.2. The lowest BCUT2D eigenvalue weighted by molar-refractivity contribution is 0.414. The van der Waals surface area contributed by atoms with Crippen molar-refractivity contribution in [1.82, 2.24) is 4.98 Å². The van der Waals surface area contributed by atoms with Crippen molar-refractivity contribution in [2.45, 2.75) is 13.8 Å². The van der Waals surface area contributed by atoms with Crippen LogP contribution in [-0.4, -0.2) is 38.3 Å². The molecule has 4 nitrogen and oxygen atoms in total. The summed E-state index contributed by atoms with van der Waals surface area (Å²) in [4.78, 5) is 9.76. The third kappa shape index (κ3) is 3.04. The van der Waals surface area contributed by atoms with Crippen molar-refractivity contribution >= 4 is 32.4 Å². The van der Waals surface area contributed by atoms with Crippen LogP contribution in [0.1, 0.15) is 11.1 Å². The minimum atomic E-state index is 0.914. The summed E-state index contributed by atoms with van der Waals surface area (Å²) in [5.74, 6) is 0.914. The predicted octanol–water partition coefficient (Wildman–Crippen LogP) is 4.25. The smallest absolute Gasteiger partial charge is 0.186 e. The second-order valence-electron chi connectivity index (χ2n) is 6.53. The van der Waals surface area contributed by atoms with Crippen LogP contribution in [0.5, 0.6) is 5.75 Å². The zero-order chi connectivity index (χ0) is 17.4. The molecule has 0 bridgehead atoms. The van der Waals surface area contributed by atoms with Gasteiger partial charge in [0, 0.05) is 37.9 Å². The topological polar surface area (TPSA) is 28.6 Å². The van der Waals surface area contributed by atoms with Crippen LogP contribution >= 0.6 is 11.3 Å². The Morgan fingerprint density at radius 3 is 2.52 bits per heavy atom. The van der Waals surface area contributed by atoms with E-state index in [-0.39, 0.29) is 0 Å². The van der Waals surface area contributed by atoms with Crippen LogP contribution in [0.15, 0.2) is 36.4 Å². The summed E-state index contributed by atoms with van der Waals surface area (Å²) >= 11 is 1.81. The van der Waals surface area contributed by atoms with E-state index >= 15 is 0 Å². The van der Waals surface area contributed by atoms with Gasteiger partial charge in [-0.15, -0.1) is 0 Å². The summed E-state index contributed by atoms with van der Waals surface area (Å²) in [6.07, 6.45) is 0. The second kappa shape index (κ2) is 6.56. The molecule has 0 amide bonds. The Bertz CT molecular complexity index is 897.